The van der Waals surface area contributed by atoms with E-state index < -0.39 is 5.82 Å². The van der Waals surface area contributed by atoms with Gasteiger partial charge in [0.15, 0.2) is 0 Å². The molecule has 0 spiro atoms. The van der Waals surface area contributed by atoms with E-state index in [1.807, 2.05) is 20.8 Å². The summed E-state index contributed by atoms with van der Waals surface area (Å²) in [6, 6.07) is 2.43. The van der Waals surface area contributed by atoms with Crippen LogP contribution in [0.1, 0.15) is 32.4 Å². The van der Waals surface area contributed by atoms with E-state index in [9.17, 15) is 9.18 Å². The van der Waals surface area contributed by atoms with Gasteiger partial charge in [-0.3, -0.25) is 4.79 Å². The molecule has 1 N–H and O–H groups in total. The molecule has 0 aliphatic heterocycles. The molecule has 3 nitrogen and oxygen atoms in total. The SMILES string of the molecule is CCN(CC)C(=O)CNC(C)c1cc(F)c(Cl)cc1Cl. The fraction of sp³-hybridized carbons (Fsp3) is 0.500. The summed E-state index contributed by atoms with van der Waals surface area (Å²) in [5, 5.41) is 3.42. The van der Waals surface area contributed by atoms with Crippen molar-refractivity contribution >= 4 is 29.1 Å². The van der Waals surface area contributed by atoms with E-state index in [1.54, 1.807) is 4.90 Å². The van der Waals surface area contributed by atoms with Gasteiger partial charge in [-0.05, 0) is 38.5 Å². The predicted molar refractivity (Wildman–Crippen MR) is 80.8 cm³/mol. The number of likely N-dealkylation sites (N-methyl/N-ethyl adjacent to an activating group) is 1. The van der Waals surface area contributed by atoms with Gasteiger partial charge < -0.3 is 10.2 Å². The van der Waals surface area contributed by atoms with Crippen LogP contribution in [0.3, 0.4) is 0 Å². The highest BCUT2D eigenvalue weighted by Gasteiger charge is 2.15. The Kier molecular flexibility index (Phi) is 6.72. The maximum Gasteiger partial charge on any atom is 0.236 e. The van der Waals surface area contributed by atoms with Gasteiger partial charge in [-0.15, -0.1) is 0 Å². The number of carbonyl (C=O) groups excluding carboxylic acids is 1. The molecule has 112 valence electrons. The Bertz CT molecular complexity index is 478. The molecule has 1 amide bonds. The smallest absolute Gasteiger partial charge is 0.236 e. The van der Waals surface area contributed by atoms with Crippen LogP contribution in [-0.2, 0) is 4.79 Å². The van der Waals surface area contributed by atoms with Crippen LogP contribution in [0.5, 0.6) is 0 Å². The van der Waals surface area contributed by atoms with Crippen molar-refractivity contribution in [3.8, 4) is 0 Å². The summed E-state index contributed by atoms with van der Waals surface area (Å²) in [7, 11) is 0. The lowest BCUT2D eigenvalue weighted by Gasteiger charge is -2.21. The molecule has 6 heteroatoms. The first-order chi connectivity index (χ1) is 9.40. The Labute approximate surface area is 129 Å². The van der Waals surface area contributed by atoms with E-state index in [-0.39, 0.29) is 23.5 Å². The summed E-state index contributed by atoms with van der Waals surface area (Å²) in [4.78, 5) is 13.6. The maximum atomic E-state index is 13.5. The number of hydrogen-bond donors (Lipinski definition) is 1. The average molecular weight is 321 g/mol. The van der Waals surface area contributed by atoms with Gasteiger partial charge in [0.1, 0.15) is 5.82 Å². The molecule has 1 aromatic rings. The zero-order chi connectivity index (χ0) is 15.3. The fourth-order valence-electron chi connectivity index (χ4n) is 1.91. The molecule has 0 heterocycles. The first kappa shape index (κ1) is 17.2. The van der Waals surface area contributed by atoms with E-state index in [0.717, 1.165) is 0 Å². The third kappa shape index (κ3) is 4.33. The van der Waals surface area contributed by atoms with Gasteiger partial charge in [0.25, 0.3) is 0 Å². The van der Waals surface area contributed by atoms with Crippen molar-refractivity contribution in [2.45, 2.75) is 26.8 Å². The summed E-state index contributed by atoms with van der Waals surface area (Å²) in [5.41, 5.74) is 0.584. The zero-order valence-corrected chi connectivity index (χ0v) is 13.4. The second-order valence-corrected chi connectivity index (χ2v) is 5.27. The minimum atomic E-state index is -0.519. The van der Waals surface area contributed by atoms with Gasteiger partial charge in [-0.2, -0.15) is 0 Å². The topological polar surface area (TPSA) is 32.3 Å². The summed E-state index contributed by atoms with van der Waals surface area (Å²) in [6.45, 7) is 7.20. The molecule has 0 aromatic heterocycles. The molecule has 1 unspecified atom stereocenters. The normalized spacial score (nSPS) is 12.3. The van der Waals surface area contributed by atoms with Crippen LogP contribution in [0.2, 0.25) is 10.0 Å². The Hall–Kier alpha value is -0.840. The quantitative estimate of drug-likeness (QED) is 0.811. The van der Waals surface area contributed by atoms with Crippen LogP contribution in [0, 0.1) is 5.82 Å². The van der Waals surface area contributed by atoms with Gasteiger partial charge in [0.05, 0.1) is 11.6 Å². The van der Waals surface area contributed by atoms with E-state index in [0.29, 0.717) is 23.7 Å². The van der Waals surface area contributed by atoms with E-state index in [2.05, 4.69) is 5.32 Å². The lowest BCUT2D eigenvalue weighted by atomic mass is 10.1. The number of halogens is 3. The molecular formula is C14H19Cl2FN2O. The van der Waals surface area contributed by atoms with Crippen LogP contribution in [0.4, 0.5) is 4.39 Å². The minimum absolute atomic E-state index is 0.00686. The average Bonchev–Trinajstić information content (AvgIpc) is 2.41. The second-order valence-electron chi connectivity index (χ2n) is 4.46. The number of rotatable bonds is 6. The van der Waals surface area contributed by atoms with Crippen LogP contribution in [0.25, 0.3) is 0 Å². The summed E-state index contributed by atoms with van der Waals surface area (Å²) in [5.74, 6) is -0.512. The first-order valence-corrected chi connectivity index (χ1v) is 7.31. The van der Waals surface area contributed by atoms with Gasteiger partial charge in [-0.1, -0.05) is 23.2 Å². The van der Waals surface area contributed by atoms with Crippen LogP contribution in [-0.4, -0.2) is 30.4 Å². The van der Waals surface area contributed by atoms with Gasteiger partial charge in [0, 0.05) is 24.2 Å². The Morgan fingerprint density at radius 1 is 1.30 bits per heavy atom. The summed E-state index contributed by atoms with van der Waals surface area (Å²) in [6.07, 6.45) is 0. The highest BCUT2D eigenvalue weighted by Crippen LogP contribution is 2.28. The molecule has 0 fully saturated rings. The molecule has 1 aromatic carbocycles. The molecule has 0 saturated heterocycles. The van der Waals surface area contributed by atoms with Gasteiger partial charge >= 0.3 is 0 Å². The van der Waals surface area contributed by atoms with Crippen LogP contribution < -0.4 is 5.32 Å². The Morgan fingerprint density at radius 3 is 2.45 bits per heavy atom. The van der Waals surface area contributed by atoms with Crippen LogP contribution >= 0.6 is 23.2 Å². The molecule has 0 aliphatic rings. The number of nitrogens with one attached hydrogen (secondary N) is 1. The second kappa shape index (κ2) is 7.81. The molecule has 0 bridgehead atoms. The number of benzene rings is 1. The molecular weight excluding hydrogens is 302 g/mol. The van der Waals surface area contributed by atoms with Crippen molar-refractivity contribution in [1.82, 2.24) is 10.2 Å². The molecule has 0 radical (unpaired) electrons. The lowest BCUT2D eigenvalue weighted by molar-refractivity contribution is -0.129. The maximum absolute atomic E-state index is 13.5. The standard InChI is InChI=1S/C14H19Cl2FN2O/c1-4-19(5-2)14(20)8-18-9(3)10-6-13(17)12(16)7-11(10)15/h6-7,9,18H,4-5,8H2,1-3H3. The van der Waals surface area contributed by atoms with Crippen molar-refractivity contribution in [3.05, 3.63) is 33.6 Å². The number of carbonyl (C=O) groups is 1. The predicted octanol–water partition coefficient (Wildman–Crippen LogP) is 3.65. The van der Waals surface area contributed by atoms with Crippen molar-refractivity contribution in [3.63, 3.8) is 0 Å². The van der Waals surface area contributed by atoms with Crippen molar-refractivity contribution in [2.75, 3.05) is 19.6 Å². The largest absolute Gasteiger partial charge is 0.342 e. The Morgan fingerprint density at radius 2 is 1.90 bits per heavy atom. The minimum Gasteiger partial charge on any atom is -0.342 e. The van der Waals surface area contributed by atoms with Gasteiger partial charge in [0.2, 0.25) is 5.91 Å². The first-order valence-electron chi connectivity index (χ1n) is 6.56. The summed E-state index contributed by atoms with van der Waals surface area (Å²) < 4.78 is 13.5. The number of hydrogen-bond acceptors (Lipinski definition) is 2. The van der Waals surface area contributed by atoms with Gasteiger partial charge in [-0.25, -0.2) is 4.39 Å². The van der Waals surface area contributed by atoms with Crippen molar-refractivity contribution in [1.29, 1.82) is 0 Å². The highest BCUT2D eigenvalue weighted by molar-refractivity contribution is 6.35. The lowest BCUT2D eigenvalue weighted by Crippen LogP contribution is -2.38. The monoisotopic (exact) mass is 320 g/mol. The third-order valence-corrected chi connectivity index (χ3v) is 3.80. The highest BCUT2D eigenvalue weighted by atomic mass is 35.5. The van der Waals surface area contributed by atoms with Crippen molar-refractivity contribution in [2.24, 2.45) is 0 Å². The number of nitrogens with zero attached hydrogens (tertiary/aromatic N) is 1. The molecule has 0 aliphatic carbocycles. The van der Waals surface area contributed by atoms with E-state index >= 15 is 0 Å². The summed E-state index contributed by atoms with van der Waals surface area (Å²) >= 11 is 11.7. The van der Waals surface area contributed by atoms with E-state index in [1.165, 1.54) is 12.1 Å². The van der Waals surface area contributed by atoms with E-state index in [4.69, 9.17) is 23.2 Å². The van der Waals surface area contributed by atoms with Crippen LogP contribution in [0.15, 0.2) is 12.1 Å². The zero-order valence-electron chi connectivity index (χ0n) is 11.8. The molecule has 1 atom stereocenters. The molecule has 0 saturated carbocycles. The Balaban J connectivity index is 2.70. The fourth-order valence-corrected chi connectivity index (χ4v) is 2.46. The van der Waals surface area contributed by atoms with Crippen molar-refractivity contribution < 1.29 is 9.18 Å². The number of amides is 1. The molecule has 20 heavy (non-hydrogen) atoms. The third-order valence-electron chi connectivity index (χ3n) is 3.18. The molecule has 1 rings (SSSR count).